The molecule has 1 aromatic heterocycles. The van der Waals surface area contributed by atoms with Crippen LogP contribution in [0.2, 0.25) is 0 Å². The highest BCUT2D eigenvalue weighted by atomic mass is 16.4. The molecule has 1 amide bonds. The van der Waals surface area contributed by atoms with E-state index >= 15 is 0 Å². The maximum Gasteiger partial charge on any atom is 0.354 e. The molecule has 17 heavy (non-hydrogen) atoms. The molecule has 0 aliphatic rings. The Kier molecular flexibility index (Phi) is 4.03. The van der Waals surface area contributed by atoms with Gasteiger partial charge in [0.2, 0.25) is 5.91 Å². The van der Waals surface area contributed by atoms with Gasteiger partial charge in [-0.15, -0.1) is 0 Å². The van der Waals surface area contributed by atoms with Gasteiger partial charge in [-0.2, -0.15) is 0 Å². The molecule has 0 aromatic carbocycles. The zero-order chi connectivity index (χ0) is 13.0. The van der Waals surface area contributed by atoms with Crippen molar-refractivity contribution in [2.75, 3.05) is 11.4 Å². The maximum absolute atomic E-state index is 10.9. The van der Waals surface area contributed by atoms with E-state index in [9.17, 15) is 9.59 Å². The van der Waals surface area contributed by atoms with Gasteiger partial charge < -0.3 is 15.7 Å². The van der Waals surface area contributed by atoms with Gasteiger partial charge in [-0.05, 0) is 26.0 Å². The number of pyridine rings is 1. The van der Waals surface area contributed by atoms with E-state index in [1.807, 2.05) is 13.8 Å². The van der Waals surface area contributed by atoms with E-state index in [2.05, 4.69) is 4.98 Å². The van der Waals surface area contributed by atoms with Gasteiger partial charge >= 0.3 is 5.97 Å². The van der Waals surface area contributed by atoms with Crippen LogP contribution >= 0.6 is 0 Å². The number of amides is 1. The second-order valence-corrected chi connectivity index (χ2v) is 3.89. The van der Waals surface area contributed by atoms with Crippen LogP contribution < -0.4 is 10.6 Å². The van der Waals surface area contributed by atoms with Crippen LogP contribution in [0, 0.1) is 0 Å². The fourth-order valence-corrected chi connectivity index (χ4v) is 1.42. The van der Waals surface area contributed by atoms with Crippen molar-refractivity contribution in [3.63, 3.8) is 0 Å². The van der Waals surface area contributed by atoms with Gasteiger partial charge in [0.25, 0.3) is 0 Å². The molecule has 0 saturated carbocycles. The van der Waals surface area contributed by atoms with Crippen molar-refractivity contribution < 1.29 is 14.7 Å². The Bertz CT molecular complexity index is 414. The first-order chi connectivity index (χ1) is 7.91. The van der Waals surface area contributed by atoms with Gasteiger partial charge in [-0.1, -0.05) is 0 Å². The summed E-state index contributed by atoms with van der Waals surface area (Å²) in [5.41, 5.74) is 5.79. The highest BCUT2D eigenvalue weighted by molar-refractivity contribution is 5.85. The molecule has 0 fully saturated rings. The first-order valence-corrected chi connectivity index (χ1v) is 5.16. The number of carboxylic acid groups (broad SMARTS) is 1. The van der Waals surface area contributed by atoms with Crippen molar-refractivity contribution in [1.82, 2.24) is 4.98 Å². The summed E-state index contributed by atoms with van der Waals surface area (Å²) in [6, 6.07) is 3.08. The highest BCUT2D eigenvalue weighted by Crippen LogP contribution is 2.15. The Morgan fingerprint density at radius 3 is 2.47 bits per heavy atom. The lowest BCUT2D eigenvalue weighted by molar-refractivity contribution is -0.116. The summed E-state index contributed by atoms with van der Waals surface area (Å²) in [6.45, 7) is 3.90. The number of rotatable bonds is 5. The maximum atomic E-state index is 10.9. The Balaban J connectivity index is 2.95. The average molecular weight is 237 g/mol. The fraction of sp³-hybridized carbons (Fsp3) is 0.364. The molecule has 92 valence electrons. The Labute approximate surface area is 99.1 Å². The highest BCUT2D eigenvalue weighted by Gasteiger charge is 2.14. The normalized spacial score (nSPS) is 10.3. The van der Waals surface area contributed by atoms with Crippen molar-refractivity contribution in [2.24, 2.45) is 5.73 Å². The summed E-state index contributed by atoms with van der Waals surface area (Å²) in [7, 11) is 0. The van der Waals surface area contributed by atoms with Crippen molar-refractivity contribution in [3.8, 4) is 0 Å². The number of carbonyl (C=O) groups is 2. The van der Waals surface area contributed by atoms with E-state index in [4.69, 9.17) is 10.8 Å². The Morgan fingerprint density at radius 2 is 2.12 bits per heavy atom. The molecule has 6 nitrogen and oxygen atoms in total. The van der Waals surface area contributed by atoms with E-state index in [-0.39, 0.29) is 18.3 Å². The van der Waals surface area contributed by atoms with E-state index in [1.54, 1.807) is 11.0 Å². The molecule has 1 aromatic rings. The standard InChI is InChI=1S/C11H15N3O3/c1-7(2)14(6-10(12)15)8-3-4-9(11(16)17)13-5-8/h3-5,7H,6H2,1-2H3,(H2,12,15)(H,16,17). The number of nitrogens with two attached hydrogens (primary N) is 1. The molecule has 3 N–H and O–H groups in total. The molecule has 0 radical (unpaired) electrons. The van der Waals surface area contributed by atoms with Gasteiger partial charge in [0.05, 0.1) is 18.4 Å². The summed E-state index contributed by atoms with van der Waals surface area (Å²) in [5.74, 6) is -1.52. The van der Waals surface area contributed by atoms with Crippen LogP contribution in [-0.4, -0.2) is 34.6 Å². The predicted molar refractivity (Wildman–Crippen MR) is 62.9 cm³/mol. The Morgan fingerprint density at radius 1 is 1.47 bits per heavy atom. The average Bonchev–Trinajstić information content (AvgIpc) is 2.25. The van der Waals surface area contributed by atoms with Crippen LogP contribution in [0.4, 0.5) is 5.69 Å². The third kappa shape index (κ3) is 3.44. The first-order valence-electron chi connectivity index (χ1n) is 5.16. The number of nitrogens with zero attached hydrogens (tertiary/aromatic N) is 2. The molecular formula is C11H15N3O3. The summed E-state index contributed by atoms with van der Waals surface area (Å²) >= 11 is 0. The summed E-state index contributed by atoms with van der Waals surface area (Å²) < 4.78 is 0. The van der Waals surface area contributed by atoms with Gasteiger partial charge in [-0.3, -0.25) is 4.79 Å². The van der Waals surface area contributed by atoms with Crippen LogP contribution in [0.1, 0.15) is 24.3 Å². The third-order valence-corrected chi connectivity index (χ3v) is 2.25. The minimum atomic E-state index is -1.08. The fourth-order valence-electron chi connectivity index (χ4n) is 1.42. The molecule has 1 rings (SSSR count). The molecule has 0 unspecified atom stereocenters. The Hall–Kier alpha value is -2.11. The van der Waals surface area contributed by atoms with Gasteiger partial charge in [0, 0.05) is 6.04 Å². The monoisotopic (exact) mass is 237 g/mol. The topological polar surface area (TPSA) is 96.5 Å². The van der Waals surface area contributed by atoms with Crippen LogP contribution in [0.3, 0.4) is 0 Å². The van der Waals surface area contributed by atoms with Gasteiger partial charge in [0.15, 0.2) is 0 Å². The molecular weight excluding hydrogens is 222 g/mol. The number of aromatic nitrogens is 1. The number of anilines is 1. The largest absolute Gasteiger partial charge is 0.477 e. The quantitative estimate of drug-likeness (QED) is 0.776. The molecule has 0 atom stereocenters. The number of aromatic carboxylic acids is 1. The van der Waals surface area contributed by atoms with E-state index < -0.39 is 11.9 Å². The predicted octanol–water partition coefficient (Wildman–Crippen LogP) is 0.480. The number of hydrogen-bond donors (Lipinski definition) is 2. The third-order valence-electron chi connectivity index (χ3n) is 2.25. The second kappa shape index (κ2) is 5.29. The lowest BCUT2D eigenvalue weighted by Gasteiger charge is -2.27. The molecule has 1 heterocycles. The number of hydrogen-bond acceptors (Lipinski definition) is 4. The van der Waals surface area contributed by atoms with Crippen LogP contribution in [0.25, 0.3) is 0 Å². The van der Waals surface area contributed by atoms with Crippen molar-refractivity contribution in [2.45, 2.75) is 19.9 Å². The number of carbonyl (C=O) groups excluding carboxylic acids is 1. The van der Waals surface area contributed by atoms with Crippen LogP contribution in [-0.2, 0) is 4.79 Å². The zero-order valence-corrected chi connectivity index (χ0v) is 9.75. The van der Waals surface area contributed by atoms with E-state index in [0.717, 1.165) is 0 Å². The van der Waals surface area contributed by atoms with Crippen molar-refractivity contribution in [3.05, 3.63) is 24.0 Å². The lowest BCUT2D eigenvalue weighted by Crippen LogP contribution is -2.38. The number of carboxylic acids is 1. The number of primary amides is 1. The van der Waals surface area contributed by atoms with Crippen LogP contribution in [0.15, 0.2) is 18.3 Å². The summed E-state index contributed by atoms with van der Waals surface area (Å²) in [4.78, 5) is 27.1. The smallest absolute Gasteiger partial charge is 0.354 e. The minimum Gasteiger partial charge on any atom is -0.477 e. The van der Waals surface area contributed by atoms with E-state index in [1.165, 1.54) is 12.3 Å². The second-order valence-electron chi connectivity index (χ2n) is 3.89. The molecule has 0 bridgehead atoms. The van der Waals surface area contributed by atoms with Crippen LogP contribution in [0.5, 0.6) is 0 Å². The summed E-state index contributed by atoms with van der Waals surface area (Å²) in [6.07, 6.45) is 1.42. The molecule has 0 aliphatic carbocycles. The molecule has 0 spiro atoms. The zero-order valence-electron chi connectivity index (χ0n) is 9.75. The van der Waals surface area contributed by atoms with E-state index in [0.29, 0.717) is 5.69 Å². The molecule has 0 saturated heterocycles. The minimum absolute atomic E-state index is 0.0310. The molecule has 0 aliphatic heterocycles. The first kappa shape index (κ1) is 13.0. The van der Waals surface area contributed by atoms with Crippen molar-refractivity contribution in [1.29, 1.82) is 0 Å². The SMILES string of the molecule is CC(C)N(CC(N)=O)c1ccc(C(=O)O)nc1. The lowest BCUT2D eigenvalue weighted by atomic mass is 10.2. The summed E-state index contributed by atoms with van der Waals surface area (Å²) in [5, 5.41) is 8.72. The van der Waals surface area contributed by atoms with Crippen molar-refractivity contribution >= 4 is 17.6 Å². The van der Waals surface area contributed by atoms with Gasteiger partial charge in [0.1, 0.15) is 5.69 Å². The molecule has 6 heteroatoms. The van der Waals surface area contributed by atoms with Gasteiger partial charge in [-0.25, -0.2) is 9.78 Å².